The average molecular weight is 278 g/mol. The number of ether oxygens (including phenoxy) is 1. The van der Waals surface area contributed by atoms with Gasteiger partial charge in [0.25, 0.3) is 0 Å². The summed E-state index contributed by atoms with van der Waals surface area (Å²) >= 11 is 0. The summed E-state index contributed by atoms with van der Waals surface area (Å²) in [5.74, 6) is 0.656. The zero-order valence-corrected chi connectivity index (χ0v) is 11.0. The van der Waals surface area contributed by atoms with Crippen LogP contribution in [0.3, 0.4) is 0 Å². The van der Waals surface area contributed by atoms with Crippen LogP contribution in [-0.2, 0) is 0 Å². The van der Waals surface area contributed by atoms with Gasteiger partial charge in [-0.2, -0.15) is 5.10 Å². The monoisotopic (exact) mass is 277 g/mol. The van der Waals surface area contributed by atoms with Gasteiger partial charge in [0.1, 0.15) is 6.10 Å². The minimum Gasteiger partial charge on any atom is -0.473 e. The molecule has 0 aliphatic carbocycles. The number of hydrogen-bond acceptors (Lipinski definition) is 4. The molecule has 2 unspecified atom stereocenters. The summed E-state index contributed by atoms with van der Waals surface area (Å²) in [6, 6.07) is 5.05. The van der Waals surface area contributed by atoms with Crippen molar-refractivity contribution in [1.82, 2.24) is 15.5 Å². The van der Waals surface area contributed by atoms with Gasteiger partial charge in [0.15, 0.2) is 0 Å². The topological polar surface area (TPSA) is 47.0 Å². The molecule has 0 amide bonds. The lowest BCUT2D eigenvalue weighted by Gasteiger charge is -2.28. The Kier molecular flexibility index (Phi) is 5.43. The van der Waals surface area contributed by atoms with Crippen molar-refractivity contribution in [2.24, 2.45) is 0 Å². The Labute approximate surface area is 113 Å². The van der Waals surface area contributed by atoms with Gasteiger partial charge in [-0.15, -0.1) is 29.9 Å². The maximum absolute atomic E-state index is 5.82. The predicted molar refractivity (Wildman–Crippen MR) is 70.1 cm³/mol. The number of fused-ring (bicyclic) bond motifs is 2. The van der Waals surface area contributed by atoms with Crippen molar-refractivity contribution in [2.75, 3.05) is 0 Å². The summed E-state index contributed by atoms with van der Waals surface area (Å²) in [7, 11) is 0. The van der Waals surface area contributed by atoms with Gasteiger partial charge in [-0.25, -0.2) is 0 Å². The molecular weight excluding hydrogens is 261 g/mol. The van der Waals surface area contributed by atoms with Gasteiger partial charge < -0.3 is 10.1 Å². The standard InChI is InChI=1S/C11H15N3O.2ClH/c1-2-11(14-12-5-1)15-10-6-8-3-4-9(7-10)13-8;;/h1-2,5,8-10,13H,3-4,6-7H2;2*1H. The van der Waals surface area contributed by atoms with Crippen molar-refractivity contribution >= 4 is 24.8 Å². The Balaban J connectivity index is 0.000000722. The Bertz CT molecular complexity index is 327. The Morgan fingerprint density at radius 2 is 1.88 bits per heavy atom. The second kappa shape index (κ2) is 6.38. The molecule has 0 radical (unpaired) electrons. The minimum atomic E-state index is 0. The number of nitrogens with zero attached hydrogens (tertiary/aromatic N) is 2. The molecule has 1 aromatic heterocycles. The van der Waals surface area contributed by atoms with E-state index < -0.39 is 0 Å². The smallest absolute Gasteiger partial charge is 0.233 e. The molecule has 96 valence electrons. The van der Waals surface area contributed by atoms with E-state index in [1.165, 1.54) is 12.8 Å². The van der Waals surface area contributed by atoms with Gasteiger partial charge in [-0.1, -0.05) is 0 Å². The average Bonchev–Trinajstić information content (AvgIpc) is 2.60. The third-order valence-corrected chi connectivity index (χ3v) is 3.27. The van der Waals surface area contributed by atoms with Crippen molar-refractivity contribution < 1.29 is 4.74 Å². The summed E-state index contributed by atoms with van der Waals surface area (Å²) in [6.07, 6.45) is 6.79. The maximum atomic E-state index is 5.82. The molecule has 2 atom stereocenters. The third kappa shape index (κ3) is 3.44. The molecule has 3 heterocycles. The Morgan fingerprint density at radius 3 is 2.47 bits per heavy atom. The van der Waals surface area contributed by atoms with E-state index in [1.807, 2.05) is 12.1 Å². The third-order valence-electron chi connectivity index (χ3n) is 3.27. The van der Waals surface area contributed by atoms with Gasteiger partial charge in [-0.3, -0.25) is 0 Å². The molecule has 2 bridgehead atoms. The van der Waals surface area contributed by atoms with E-state index >= 15 is 0 Å². The number of nitrogens with one attached hydrogen (secondary N) is 1. The first-order chi connectivity index (χ1) is 7.40. The number of rotatable bonds is 2. The number of halogens is 2. The van der Waals surface area contributed by atoms with E-state index in [1.54, 1.807) is 6.20 Å². The van der Waals surface area contributed by atoms with Gasteiger partial charge in [0.05, 0.1) is 0 Å². The van der Waals surface area contributed by atoms with Crippen molar-refractivity contribution in [2.45, 2.75) is 43.9 Å². The number of aromatic nitrogens is 2. The number of piperidine rings is 1. The van der Waals surface area contributed by atoms with Crippen LogP contribution >= 0.6 is 24.8 Å². The fourth-order valence-corrected chi connectivity index (χ4v) is 2.62. The van der Waals surface area contributed by atoms with Crippen molar-refractivity contribution in [3.05, 3.63) is 18.3 Å². The quantitative estimate of drug-likeness (QED) is 0.898. The second-order valence-electron chi connectivity index (χ2n) is 4.41. The summed E-state index contributed by atoms with van der Waals surface area (Å²) in [5.41, 5.74) is 0. The van der Waals surface area contributed by atoms with Crippen molar-refractivity contribution in [3.8, 4) is 5.88 Å². The minimum absolute atomic E-state index is 0. The zero-order valence-electron chi connectivity index (χ0n) is 9.41. The van der Waals surface area contributed by atoms with Crippen LogP contribution in [0.2, 0.25) is 0 Å². The SMILES string of the molecule is Cl.Cl.c1cnnc(OC2CC3CCC(C2)N3)c1. The molecule has 2 fully saturated rings. The molecule has 4 nitrogen and oxygen atoms in total. The molecule has 6 heteroatoms. The summed E-state index contributed by atoms with van der Waals surface area (Å²) < 4.78 is 5.82. The van der Waals surface area contributed by atoms with Crippen LogP contribution < -0.4 is 10.1 Å². The largest absolute Gasteiger partial charge is 0.473 e. The molecule has 1 aromatic rings. The summed E-state index contributed by atoms with van der Waals surface area (Å²) in [4.78, 5) is 0. The normalized spacial score (nSPS) is 30.0. The molecule has 0 aromatic carbocycles. The highest BCUT2D eigenvalue weighted by atomic mass is 35.5. The Morgan fingerprint density at radius 1 is 1.18 bits per heavy atom. The highest BCUT2D eigenvalue weighted by Gasteiger charge is 2.34. The first-order valence-corrected chi connectivity index (χ1v) is 5.60. The molecule has 2 saturated heterocycles. The molecule has 0 saturated carbocycles. The molecule has 17 heavy (non-hydrogen) atoms. The summed E-state index contributed by atoms with van der Waals surface area (Å²) in [6.45, 7) is 0. The lowest BCUT2D eigenvalue weighted by molar-refractivity contribution is 0.130. The van der Waals surface area contributed by atoms with Crippen LogP contribution in [0.15, 0.2) is 18.3 Å². The first-order valence-electron chi connectivity index (χ1n) is 5.60. The fraction of sp³-hybridized carbons (Fsp3) is 0.636. The van der Waals surface area contributed by atoms with Gasteiger partial charge >= 0.3 is 0 Å². The van der Waals surface area contributed by atoms with E-state index in [0.717, 1.165) is 12.8 Å². The predicted octanol–water partition coefficient (Wildman–Crippen LogP) is 1.98. The molecule has 2 aliphatic heterocycles. The molecule has 3 rings (SSSR count). The lowest BCUT2D eigenvalue weighted by Crippen LogP contribution is -2.42. The van der Waals surface area contributed by atoms with Crippen LogP contribution in [0, 0.1) is 0 Å². The van der Waals surface area contributed by atoms with Crippen LogP contribution in [0.25, 0.3) is 0 Å². The van der Waals surface area contributed by atoms with Gasteiger partial charge in [0.2, 0.25) is 5.88 Å². The van der Waals surface area contributed by atoms with Crippen molar-refractivity contribution in [3.63, 3.8) is 0 Å². The van der Waals surface area contributed by atoms with E-state index in [2.05, 4.69) is 15.5 Å². The Hall–Kier alpha value is -0.580. The highest BCUT2D eigenvalue weighted by Crippen LogP contribution is 2.28. The van der Waals surface area contributed by atoms with E-state index in [4.69, 9.17) is 4.74 Å². The van der Waals surface area contributed by atoms with Crippen LogP contribution in [0.5, 0.6) is 5.88 Å². The first kappa shape index (κ1) is 14.5. The maximum Gasteiger partial charge on any atom is 0.233 e. The van der Waals surface area contributed by atoms with Gasteiger partial charge in [0, 0.05) is 24.3 Å². The fourth-order valence-electron chi connectivity index (χ4n) is 2.62. The van der Waals surface area contributed by atoms with Crippen LogP contribution in [-0.4, -0.2) is 28.4 Å². The van der Waals surface area contributed by atoms with Crippen LogP contribution in [0.1, 0.15) is 25.7 Å². The zero-order chi connectivity index (χ0) is 10.1. The summed E-state index contributed by atoms with van der Waals surface area (Å²) in [5, 5.41) is 11.4. The molecule has 0 spiro atoms. The van der Waals surface area contributed by atoms with Crippen LogP contribution in [0.4, 0.5) is 0 Å². The lowest BCUT2D eigenvalue weighted by atomic mass is 10.0. The van der Waals surface area contributed by atoms with E-state index in [0.29, 0.717) is 24.1 Å². The van der Waals surface area contributed by atoms with Gasteiger partial charge in [-0.05, 0) is 31.7 Å². The van der Waals surface area contributed by atoms with E-state index in [-0.39, 0.29) is 24.8 Å². The molecular formula is C11H17Cl2N3O. The van der Waals surface area contributed by atoms with E-state index in [9.17, 15) is 0 Å². The highest BCUT2D eigenvalue weighted by molar-refractivity contribution is 5.85. The second-order valence-corrected chi connectivity index (χ2v) is 4.41. The molecule has 1 N–H and O–H groups in total. The molecule has 2 aliphatic rings. The van der Waals surface area contributed by atoms with Crippen molar-refractivity contribution in [1.29, 1.82) is 0 Å². The number of hydrogen-bond donors (Lipinski definition) is 1.